The maximum Gasteiger partial charge on any atom is 0.283 e. The Morgan fingerprint density at radius 1 is 1.08 bits per heavy atom. The monoisotopic (exact) mass is 549 g/mol. The first-order valence-corrected chi connectivity index (χ1v) is 14.1. The minimum Gasteiger partial charge on any atom is -0.495 e. The van der Waals surface area contributed by atoms with Crippen LogP contribution in [0, 0.1) is 6.92 Å². The molecule has 11 heteroatoms. The number of pyridine rings is 1. The fourth-order valence-corrected chi connectivity index (χ4v) is 5.97. The summed E-state index contributed by atoms with van der Waals surface area (Å²) < 4.78 is 41.7. The molecule has 10 nitrogen and oxygen atoms in total. The number of benzene rings is 2. The molecule has 1 aliphatic heterocycles. The summed E-state index contributed by atoms with van der Waals surface area (Å²) in [6, 6.07) is 15.6. The Morgan fingerprint density at radius 2 is 1.85 bits per heavy atom. The molecule has 204 valence electrons. The number of ether oxygens (including phenoxy) is 2. The highest BCUT2D eigenvalue weighted by Gasteiger charge is 2.33. The van der Waals surface area contributed by atoms with E-state index in [-0.39, 0.29) is 16.3 Å². The minimum atomic E-state index is -4.29. The number of aromatic nitrogens is 3. The van der Waals surface area contributed by atoms with E-state index in [0.29, 0.717) is 18.7 Å². The lowest BCUT2D eigenvalue weighted by atomic mass is 9.91. The topological polar surface area (TPSA) is 116 Å². The van der Waals surface area contributed by atoms with E-state index in [0.717, 1.165) is 35.4 Å². The Labute approximate surface area is 227 Å². The molecule has 2 aromatic heterocycles. The third-order valence-electron chi connectivity index (χ3n) is 7.10. The molecule has 1 aliphatic rings. The molecule has 1 fully saturated rings. The average Bonchev–Trinajstić information content (AvgIpc) is 3.38. The molecule has 2 aromatic carbocycles. The van der Waals surface area contributed by atoms with Gasteiger partial charge in [-0.25, -0.2) is 22.8 Å². The van der Waals surface area contributed by atoms with Gasteiger partial charge >= 0.3 is 0 Å². The van der Waals surface area contributed by atoms with Crippen LogP contribution in [-0.4, -0.2) is 67.4 Å². The lowest BCUT2D eigenvalue weighted by molar-refractivity contribution is -0.0118. The number of aryl methyl sites for hydroxylation is 1. The molecule has 0 spiro atoms. The molecule has 1 saturated heterocycles. The van der Waals surface area contributed by atoms with Crippen LogP contribution in [0.3, 0.4) is 0 Å². The smallest absolute Gasteiger partial charge is 0.283 e. The van der Waals surface area contributed by atoms with Gasteiger partial charge in [-0.15, -0.1) is 0 Å². The van der Waals surface area contributed by atoms with E-state index < -0.39 is 21.5 Å². The van der Waals surface area contributed by atoms with Crippen molar-refractivity contribution in [1.29, 1.82) is 0 Å². The molecule has 0 unspecified atom stereocenters. The van der Waals surface area contributed by atoms with Crippen molar-refractivity contribution in [3.63, 3.8) is 0 Å². The van der Waals surface area contributed by atoms with Gasteiger partial charge in [0.1, 0.15) is 16.3 Å². The fraction of sp³-hybridized carbons (Fsp3) is 0.321. The predicted octanol–water partition coefficient (Wildman–Crippen LogP) is 3.42. The number of methoxy groups -OCH3 is 1. The first-order valence-electron chi connectivity index (χ1n) is 12.6. The molecule has 39 heavy (non-hydrogen) atoms. The molecule has 4 aromatic rings. The molecule has 0 radical (unpaired) electrons. The van der Waals surface area contributed by atoms with Crippen LogP contribution in [-0.2, 0) is 20.3 Å². The highest BCUT2D eigenvalue weighted by molar-refractivity contribution is 7.90. The van der Waals surface area contributed by atoms with Gasteiger partial charge in [0.2, 0.25) is 0 Å². The van der Waals surface area contributed by atoms with E-state index in [1.165, 1.54) is 13.2 Å². The summed E-state index contributed by atoms with van der Waals surface area (Å²) in [4.78, 5) is 19.7. The second-order valence-corrected chi connectivity index (χ2v) is 11.6. The number of hydrogen-bond donors (Lipinski definition) is 1. The van der Waals surface area contributed by atoms with Crippen molar-refractivity contribution in [2.75, 3.05) is 33.4 Å². The van der Waals surface area contributed by atoms with Crippen LogP contribution in [0.2, 0.25) is 0 Å². The number of sulfonamides is 1. The van der Waals surface area contributed by atoms with E-state index >= 15 is 0 Å². The normalized spacial score (nSPS) is 14.9. The second-order valence-electron chi connectivity index (χ2n) is 9.90. The number of hydrogen-bond acceptors (Lipinski definition) is 8. The van der Waals surface area contributed by atoms with E-state index in [1.807, 2.05) is 51.2 Å². The van der Waals surface area contributed by atoms with E-state index in [2.05, 4.69) is 19.7 Å². The number of rotatable bonds is 7. The lowest BCUT2D eigenvalue weighted by Crippen LogP contribution is -2.48. The van der Waals surface area contributed by atoms with E-state index in [9.17, 15) is 13.2 Å². The summed E-state index contributed by atoms with van der Waals surface area (Å²) in [5.41, 5.74) is 2.50. The first-order chi connectivity index (χ1) is 18.6. The maximum absolute atomic E-state index is 13.5. The number of carbonyl (C=O) groups is 1. The average molecular weight is 550 g/mol. The van der Waals surface area contributed by atoms with Crippen LogP contribution in [0.4, 0.5) is 0 Å². The Kier molecular flexibility index (Phi) is 7.15. The van der Waals surface area contributed by atoms with Gasteiger partial charge in [-0.2, -0.15) is 5.10 Å². The van der Waals surface area contributed by atoms with Crippen molar-refractivity contribution in [1.82, 2.24) is 24.4 Å². The van der Waals surface area contributed by atoms with Crippen molar-refractivity contribution in [3.8, 4) is 11.4 Å². The van der Waals surface area contributed by atoms with E-state index in [1.54, 1.807) is 28.9 Å². The summed E-state index contributed by atoms with van der Waals surface area (Å²) in [5, 5.41) is 5.23. The summed E-state index contributed by atoms with van der Waals surface area (Å²) in [7, 11) is -2.89. The third kappa shape index (κ3) is 5.25. The largest absolute Gasteiger partial charge is 0.495 e. The lowest BCUT2D eigenvalue weighted by Gasteiger charge is -2.41. The molecule has 0 aliphatic carbocycles. The summed E-state index contributed by atoms with van der Waals surface area (Å²) >= 11 is 0. The molecule has 0 bridgehead atoms. The predicted molar refractivity (Wildman–Crippen MR) is 147 cm³/mol. The fourth-order valence-electron chi connectivity index (χ4n) is 4.82. The Hall–Kier alpha value is -3.80. The van der Waals surface area contributed by atoms with Crippen LogP contribution in [0.15, 0.2) is 65.7 Å². The molecule has 1 amide bonds. The third-order valence-corrected chi connectivity index (χ3v) is 8.45. The van der Waals surface area contributed by atoms with Gasteiger partial charge in [-0.3, -0.25) is 9.69 Å². The number of morpholine rings is 1. The Morgan fingerprint density at radius 3 is 2.54 bits per heavy atom. The highest BCUT2D eigenvalue weighted by atomic mass is 32.2. The van der Waals surface area contributed by atoms with Crippen LogP contribution < -0.4 is 9.46 Å². The Bertz CT molecular complexity index is 1640. The molecule has 5 rings (SSSR count). The standard InChI is InChI=1S/C28H31N5O5S/c1-19-12-13-33(30-19)24-7-5-6-22-21(24)9-10-23(29-22)27(34)31-39(35,36)26-18-20(8-11-25(26)37-4)28(2,3)32-14-16-38-17-15-32/h5-13,18H,14-17H2,1-4H3,(H,31,34). The van der Waals surface area contributed by atoms with Gasteiger partial charge in [0.05, 0.1) is 37.2 Å². The van der Waals surface area contributed by atoms with Gasteiger partial charge in [0.15, 0.2) is 0 Å². The number of amides is 1. The first kappa shape index (κ1) is 26.8. The van der Waals surface area contributed by atoms with Crippen molar-refractivity contribution < 1.29 is 22.7 Å². The molecule has 0 saturated carbocycles. The summed E-state index contributed by atoms with van der Waals surface area (Å²) in [5.74, 6) is -0.695. The zero-order chi connectivity index (χ0) is 27.8. The summed E-state index contributed by atoms with van der Waals surface area (Å²) in [6.07, 6.45) is 1.85. The zero-order valence-electron chi connectivity index (χ0n) is 22.3. The Balaban J connectivity index is 1.44. The number of carbonyl (C=O) groups excluding carboxylic acids is 1. The SMILES string of the molecule is COc1ccc(C(C)(C)N2CCOCC2)cc1S(=O)(=O)NC(=O)c1ccc2c(-n3ccc(C)n3)cccc2n1. The van der Waals surface area contributed by atoms with Crippen molar-refractivity contribution >= 4 is 26.8 Å². The highest BCUT2D eigenvalue weighted by Crippen LogP contribution is 2.34. The van der Waals surface area contributed by atoms with Gasteiger partial charge in [-0.05, 0) is 68.8 Å². The van der Waals surface area contributed by atoms with Gasteiger partial charge in [0, 0.05) is 30.2 Å². The number of fused-ring (bicyclic) bond motifs is 1. The zero-order valence-corrected chi connectivity index (χ0v) is 23.2. The molecule has 1 N–H and O–H groups in total. The molecular formula is C28H31N5O5S. The van der Waals surface area contributed by atoms with Crippen molar-refractivity contribution in [2.24, 2.45) is 0 Å². The van der Waals surface area contributed by atoms with E-state index in [4.69, 9.17) is 9.47 Å². The molecule has 3 heterocycles. The van der Waals surface area contributed by atoms with Crippen molar-refractivity contribution in [2.45, 2.75) is 31.2 Å². The molecular weight excluding hydrogens is 518 g/mol. The number of nitrogens with zero attached hydrogens (tertiary/aromatic N) is 4. The quantitative estimate of drug-likeness (QED) is 0.373. The molecule has 0 atom stereocenters. The number of nitrogens with one attached hydrogen (secondary N) is 1. The van der Waals surface area contributed by atoms with Gasteiger partial charge in [-0.1, -0.05) is 12.1 Å². The van der Waals surface area contributed by atoms with Crippen LogP contribution >= 0.6 is 0 Å². The summed E-state index contributed by atoms with van der Waals surface area (Å²) in [6.45, 7) is 8.66. The van der Waals surface area contributed by atoms with Gasteiger partial charge in [0.25, 0.3) is 15.9 Å². The maximum atomic E-state index is 13.5. The van der Waals surface area contributed by atoms with Crippen molar-refractivity contribution in [3.05, 3.63) is 77.7 Å². The van der Waals surface area contributed by atoms with Crippen LogP contribution in [0.5, 0.6) is 5.75 Å². The van der Waals surface area contributed by atoms with Crippen LogP contribution in [0.1, 0.15) is 35.6 Å². The minimum absolute atomic E-state index is 0.0244. The second kappa shape index (κ2) is 10.4. The van der Waals surface area contributed by atoms with Gasteiger partial charge < -0.3 is 9.47 Å². The van der Waals surface area contributed by atoms with Crippen LogP contribution in [0.25, 0.3) is 16.6 Å².